The Morgan fingerprint density at radius 1 is 0.947 bits per heavy atom. The molecule has 1 aromatic carbocycles. The van der Waals surface area contributed by atoms with E-state index in [1.165, 1.54) is 45.2 Å². The molecule has 4 aromatic rings. The minimum atomic E-state index is -4.25. The lowest BCUT2D eigenvalue weighted by atomic mass is 10.2. The first kappa shape index (κ1) is 26.8. The van der Waals surface area contributed by atoms with Crippen LogP contribution in [0, 0.1) is 6.92 Å². The van der Waals surface area contributed by atoms with Crippen molar-refractivity contribution in [3.05, 3.63) is 60.2 Å². The molecular weight excluding hydrogens is 514 g/mol. The number of aliphatic hydroxyl groups excluding tert-OH is 1. The maximum atomic E-state index is 13.4. The molecule has 4 rings (SSSR count). The molecule has 38 heavy (non-hydrogen) atoms. The number of methoxy groups -OCH3 is 3. The summed E-state index contributed by atoms with van der Waals surface area (Å²) in [4.78, 5) is 12.5. The lowest BCUT2D eigenvalue weighted by Crippen LogP contribution is -2.32. The monoisotopic (exact) mass is 541 g/mol. The first-order valence-electron chi connectivity index (χ1n) is 11.4. The van der Waals surface area contributed by atoms with Crippen molar-refractivity contribution in [3.63, 3.8) is 0 Å². The normalized spacial score (nSPS) is 13.0. The molecule has 0 aliphatic rings. The molecule has 0 aliphatic heterocycles. The van der Waals surface area contributed by atoms with Crippen LogP contribution >= 0.6 is 0 Å². The van der Waals surface area contributed by atoms with Gasteiger partial charge in [-0.1, -0.05) is 12.1 Å². The smallest absolute Gasteiger partial charge is 0.243 e. The number of aryl methyl sites for hydroxylation is 1. The highest BCUT2D eigenvalue weighted by Gasteiger charge is 2.34. The largest absolute Gasteiger partial charge is 0.494 e. The third-order valence-corrected chi connectivity index (χ3v) is 7.39. The fourth-order valence-corrected chi connectivity index (χ4v) is 4.62. The van der Waals surface area contributed by atoms with Crippen LogP contribution < -0.4 is 18.9 Å². The summed E-state index contributed by atoms with van der Waals surface area (Å²) in [5.74, 6) is 1.00. The van der Waals surface area contributed by atoms with E-state index in [0.29, 0.717) is 28.8 Å². The molecule has 3 heterocycles. The third kappa shape index (κ3) is 5.21. The van der Waals surface area contributed by atoms with E-state index >= 15 is 0 Å². The molecule has 0 unspecified atom stereocenters. The number of anilines is 1. The van der Waals surface area contributed by atoms with Crippen LogP contribution in [0.3, 0.4) is 0 Å². The lowest BCUT2D eigenvalue weighted by Gasteiger charge is -2.20. The summed E-state index contributed by atoms with van der Waals surface area (Å²) in [7, 11) is 0.160. The van der Waals surface area contributed by atoms with Crippen LogP contribution in [-0.4, -0.2) is 69.8 Å². The van der Waals surface area contributed by atoms with Gasteiger partial charge in [-0.05, 0) is 37.6 Å². The van der Waals surface area contributed by atoms with Crippen LogP contribution in [-0.2, 0) is 10.0 Å². The number of aromatic nitrogens is 6. The number of sulfonamides is 1. The van der Waals surface area contributed by atoms with Crippen molar-refractivity contribution in [2.75, 3.05) is 26.1 Å². The molecule has 0 spiro atoms. The zero-order valence-corrected chi connectivity index (χ0v) is 22.2. The highest BCUT2D eigenvalue weighted by atomic mass is 32.2. The van der Waals surface area contributed by atoms with Crippen molar-refractivity contribution in [3.8, 4) is 34.6 Å². The predicted octanol–water partition coefficient (Wildman–Crippen LogP) is 2.32. The predicted molar refractivity (Wildman–Crippen MR) is 138 cm³/mol. The number of pyridine rings is 1. The van der Waals surface area contributed by atoms with Crippen molar-refractivity contribution in [1.82, 2.24) is 29.7 Å². The average Bonchev–Trinajstić information content (AvgIpc) is 3.34. The SMILES string of the molecule is COc1cccc(-c2nnc(NS(=O)(=O)[C@@H](C)[C@@H](O)c3ncc(C)cn3)n2-c2c(OC)cccc2OC)n1. The fourth-order valence-electron chi connectivity index (χ4n) is 3.59. The summed E-state index contributed by atoms with van der Waals surface area (Å²) in [6, 6.07) is 10.1. The Morgan fingerprint density at radius 3 is 2.18 bits per heavy atom. The van der Waals surface area contributed by atoms with E-state index in [9.17, 15) is 13.5 Å². The first-order chi connectivity index (χ1) is 18.2. The number of ether oxygens (including phenoxy) is 3. The van der Waals surface area contributed by atoms with Gasteiger partial charge >= 0.3 is 0 Å². The van der Waals surface area contributed by atoms with Crippen molar-refractivity contribution in [2.45, 2.75) is 25.2 Å². The molecule has 200 valence electrons. The van der Waals surface area contributed by atoms with Gasteiger partial charge in [0.1, 0.15) is 34.2 Å². The van der Waals surface area contributed by atoms with Gasteiger partial charge in [0.05, 0.1) is 21.3 Å². The molecule has 0 fully saturated rings. The number of benzene rings is 1. The second-order valence-corrected chi connectivity index (χ2v) is 10.2. The highest BCUT2D eigenvalue weighted by molar-refractivity contribution is 7.93. The van der Waals surface area contributed by atoms with Gasteiger partial charge in [-0.15, -0.1) is 10.2 Å². The molecule has 0 bridgehead atoms. The Bertz CT molecular complexity index is 1500. The van der Waals surface area contributed by atoms with Gasteiger partial charge in [-0.25, -0.2) is 23.4 Å². The average molecular weight is 542 g/mol. The van der Waals surface area contributed by atoms with Gasteiger partial charge in [-0.3, -0.25) is 9.29 Å². The second kappa shape index (κ2) is 11.0. The van der Waals surface area contributed by atoms with Crippen LogP contribution in [0.5, 0.6) is 17.4 Å². The summed E-state index contributed by atoms with van der Waals surface area (Å²) < 4.78 is 47.0. The summed E-state index contributed by atoms with van der Waals surface area (Å²) in [6.45, 7) is 3.12. The zero-order valence-electron chi connectivity index (χ0n) is 21.4. The van der Waals surface area contributed by atoms with Crippen molar-refractivity contribution >= 4 is 16.0 Å². The van der Waals surface area contributed by atoms with Crippen LogP contribution in [0.25, 0.3) is 17.2 Å². The van der Waals surface area contributed by atoms with Crippen molar-refractivity contribution in [2.24, 2.45) is 0 Å². The molecular formula is C24H27N7O6S. The summed E-state index contributed by atoms with van der Waals surface area (Å²) in [6.07, 6.45) is 1.48. The number of aliphatic hydroxyl groups is 1. The summed E-state index contributed by atoms with van der Waals surface area (Å²) >= 11 is 0. The van der Waals surface area contributed by atoms with Gasteiger partial charge in [0, 0.05) is 18.5 Å². The Hall–Kier alpha value is -4.30. The topological polar surface area (TPSA) is 163 Å². The maximum absolute atomic E-state index is 13.4. The van der Waals surface area contributed by atoms with E-state index in [1.807, 2.05) is 0 Å². The zero-order chi connectivity index (χ0) is 27.4. The number of hydrogen-bond acceptors (Lipinski definition) is 11. The van der Waals surface area contributed by atoms with Gasteiger partial charge < -0.3 is 19.3 Å². The molecule has 2 atom stereocenters. The van der Waals surface area contributed by atoms with E-state index in [4.69, 9.17) is 14.2 Å². The van der Waals surface area contributed by atoms with E-state index in [2.05, 4.69) is 29.9 Å². The molecule has 0 radical (unpaired) electrons. The Morgan fingerprint density at radius 2 is 1.58 bits per heavy atom. The van der Waals surface area contributed by atoms with Crippen LogP contribution in [0.4, 0.5) is 5.95 Å². The highest BCUT2D eigenvalue weighted by Crippen LogP contribution is 2.38. The van der Waals surface area contributed by atoms with Crippen LogP contribution in [0.2, 0.25) is 0 Å². The van der Waals surface area contributed by atoms with Crippen LogP contribution in [0.1, 0.15) is 24.4 Å². The second-order valence-electron chi connectivity index (χ2n) is 8.17. The van der Waals surface area contributed by atoms with Crippen molar-refractivity contribution < 1.29 is 27.7 Å². The summed E-state index contributed by atoms with van der Waals surface area (Å²) in [5, 5.41) is 17.7. The number of nitrogens with zero attached hydrogens (tertiary/aromatic N) is 6. The standard InChI is InChI=1S/C24H27N7O6S/c1-14-12-25-22(26-13-14)21(32)15(2)38(33,34)30-24-29-28-23(16-8-6-11-19(27-16)37-5)31(24)20-17(35-3)9-7-10-18(20)36-4/h6-13,15,21,32H,1-5H3,(H,29,30)/t15-,21+/m0/s1. The maximum Gasteiger partial charge on any atom is 0.243 e. The van der Waals surface area contributed by atoms with Crippen LogP contribution in [0.15, 0.2) is 48.8 Å². The van der Waals surface area contributed by atoms with Gasteiger partial charge in [0.2, 0.25) is 21.9 Å². The lowest BCUT2D eigenvalue weighted by molar-refractivity contribution is 0.166. The van der Waals surface area contributed by atoms with E-state index in [1.54, 1.807) is 43.3 Å². The van der Waals surface area contributed by atoms with E-state index < -0.39 is 21.4 Å². The Balaban J connectivity index is 1.84. The molecule has 14 heteroatoms. The fraction of sp³-hybridized carbons (Fsp3) is 0.292. The molecule has 0 saturated carbocycles. The molecule has 0 saturated heterocycles. The number of hydrogen-bond donors (Lipinski definition) is 2. The first-order valence-corrected chi connectivity index (χ1v) is 12.9. The minimum Gasteiger partial charge on any atom is -0.494 e. The number of rotatable bonds is 10. The number of nitrogens with one attached hydrogen (secondary N) is 1. The van der Waals surface area contributed by atoms with Gasteiger partial charge in [0.25, 0.3) is 0 Å². The Labute approximate surface area is 219 Å². The quantitative estimate of drug-likeness (QED) is 0.303. The molecule has 0 amide bonds. The Kier molecular flexibility index (Phi) is 7.73. The molecule has 0 aliphatic carbocycles. The van der Waals surface area contributed by atoms with Gasteiger partial charge in [-0.2, -0.15) is 0 Å². The minimum absolute atomic E-state index is 0.0254. The molecule has 2 N–H and O–H groups in total. The molecule has 13 nitrogen and oxygen atoms in total. The van der Waals surface area contributed by atoms with E-state index in [-0.39, 0.29) is 17.6 Å². The van der Waals surface area contributed by atoms with Gasteiger partial charge in [0.15, 0.2) is 11.6 Å². The number of para-hydroxylation sites is 1. The van der Waals surface area contributed by atoms with Crippen molar-refractivity contribution in [1.29, 1.82) is 0 Å². The summed E-state index contributed by atoms with van der Waals surface area (Å²) in [5.41, 5.74) is 1.44. The van der Waals surface area contributed by atoms with E-state index in [0.717, 1.165) is 5.56 Å². The molecule has 3 aromatic heterocycles. The third-order valence-electron chi connectivity index (χ3n) is 5.68.